The lowest BCUT2D eigenvalue weighted by atomic mass is 9.96. The molecule has 1 aliphatic rings. The number of hydrogen-bond acceptors (Lipinski definition) is 4. The van der Waals surface area contributed by atoms with E-state index in [1.165, 1.54) is 5.56 Å². The molecule has 3 aromatic rings. The molecule has 1 amide bonds. The van der Waals surface area contributed by atoms with Gasteiger partial charge in [0.25, 0.3) is 0 Å². The maximum absolute atomic E-state index is 12.9. The molecule has 1 N–H and O–H groups in total. The number of sulfonamides is 1. The van der Waals surface area contributed by atoms with Gasteiger partial charge in [-0.2, -0.15) is 5.10 Å². The van der Waals surface area contributed by atoms with E-state index < -0.39 is 10.0 Å². The number of hydrogen-bond donors (Lipinski definition) is 1. The van der Waals surface area contributed by atoms with Gasteiger partial charge in [0.15, 0.2) is 0 Å². The third-order valence-corrected chi connectivity index (χ3v) is 8.57. The topological polar surface area (TPSA) is 84.3 Å². The summed E-state index contributed by atoms with van der Waals surface area (Å²) >= 11 is 0. The molecule has 0 aliphatic carbocycles. The lowest BCUT2D eigenvalue weighted by molar-refractivity contribution is -0.126. The zero-order valence-electron chi connectivity index (χ0n) is 20.3. The van der Waals surface area contributed by atoms with Gasteiger partial charge in [-0.3, -0.25) is 9.48 Å². The Hall–Kier alpha value is -2.97. The van der Waals surface area contributed by atoms with Gasteiger partial charge in [-0.15, -0.1) is 0 Å². The van der Waals surface area contributed by atoms with Gasteiger partial charge in [0.2, 0.25) is 15.9 Å². The van der Waals surface area contributed by atoms with Crippen LogP contribution in [0.1, 0.15) is 43.7 Å². The number of piperidine rings is 1. The van der Waals surface area contributed by atoms with Gasteiger partial charge in [0, 0.05) is 37.9 Å². The molecular formula is C27H34N4O3S. The van der Waals surface area contributed by atoms with Crippen LogP contribution in [0, 0.1) is 5.92 Å². The number of carbonyl (C=O) groups is 1. The van der Waals surface area contributed by atoms with E-state index in [2.05, 4.69) is 40.7 Å². The van der Waals surface area contributed by atoms with Crippen LogP contribution in [0.15, 0.2) is 67.0 Å². The molecular weight excluding hydrogens is 460 g/mol. The first-order valence-corrected chi connectivity index (χ1v) is 14.0. The van der Waals surface area contributed by atoms with E-state index in [4.69, 9.17) is 0 Å². The summed E-state index contributed by atoms with van der Waals surface area (Å²) in [5.41, 5.74) is 4.42. The van der Waals surface area contributed by atoms with E-state index in [0.717, 1.165) is 29.7 Å². The number of aromatic nitrogens is 2. The lowest BCUT2D eigenvalue weighted by Gasteiger charge is -2.30. The lowest BCUT2D eigenvalue weighted by Crippen LogP contribution is -2.43. The predicted molar refractivity (Wildman–Crippen MR) is 138 cm³/mol. The highest BCUT2D eigenvalue weighted by atomic mass is 32.2. The zero-order valence-corrected chi connectivity index (χ0v) is 21.1. The van der Waals surface area contributed by atoms with Crippen molar-refractivity contribution in [2.75, 3.05) is 18.8 Å². The molecule has 7 nitrogen and oxygen atoms in total. The molecule has 1 fully saturated rings. The standard InChI is InChI=1S/C27H34N4O3S/c1-2-3-19-35(33,34)31-17-13-24(14-18-31)27(32)28-20-25-7-4-5-8-26(25)23-11-9-22(10-12-23)21-30-16-6-15-29-30/h4-12,15-16,24H,2-3,13-14,17-21H2,1H3,(H,28,32). The van der Waals surface area contributed by atoms with Gasteiger partial charge in [0.05, 0.1) is 12.3 Å². The molecule has 0 atom stereocenters. The average Bonchev–Trinajstić information content (AvgIpc) is 3.40. The number of unbranched alkanes of at least 4 members (excludes halogenated alkanes) is 1. The number of rotatable bonds is 10. The molecule has 1 aromatic heterocycles. The van der Waals surface area contributed by atoms with Crippen molar-refractivity contribution in [3.8, 4) is 11.1 Å². The monoisotopic (exact) mass is 494 g/mol. The maximum atomic E-state index is 12.9. The highest BCUT2D eigenvalue weighted by molar-refractivity contribution is 7.89. The van der Waals surface area contributed by atoms with Crippen LogP contribution in [-0.2, 0) is 27.9 Å². The van der Waals surface area contributed by atoms with Crippen molar-refractivity contribution in [2.24, 2.45) is 5.92 Å². The molecule has 0 radical (unpaired) electrons. The highest BCUT2D eigenvalue weighted by Crippen LogP contribution is 2.25. The highest BCUT2D eigenvalue weighted by Gasteiger charge is 2.30. The Morgan fingerprint density at radius 2 is 1.80 bits per heavy atom. The molecule has 0 bridgehead atoms. The fraction of sp³-hybridized carbons (Fsp3) is 0.407. The fourth-order valence-corrected chi connectivity index (χ4v) is 6.18. The second kappa shape index (κ2) is 11.6. The van der Waals surface area contributed by atoms with Crippen LogP contribution in [0.2, 0.25) is 0 Å². The smallest absolute Gasteiger partial charge is 0.223 e. The summed E-state index contributed by atoms with van der Waals surface area (Å²) in [6.45, 7) is 4.00. The number of amides is 1. The van der Waals surface area contributed by atoms with E-state index in [1.807, 2.05) is 42.1 Å². The summed E-state index contributed by atoms with van der Waals surface area (Å²) in [4.78, 5) is 12.9. The van der Waals surface area contributed by atoms with Crippen molar-refractivity contribution in [2.45, 2.75) is 45.7 Å². The minimum atomic E-state index is -3.21. The van der Waals surface area contributed by atoms with E-state index in [-0.39, 0.29) is 17.6 Å². The van der Waals surface area contributed by atoms with Crippen molar-refractivity contribution in [3.63, 3.8) is 0 Å². The molecule has 186 valence electrons. The Balaban J connectivity index is 1.33. The average molecular weight is 495 g/mol. The van der Waals surface area contributed by atoms with Gasteiger partial charge in [-0.05, 0) is 47.6 Å². The van der Waals surface area contributed by atoms with Gasteiger partial charge < -0.3 is 5.32 Å². The Morgan fingerprint density at radius 3 is 2.49 bits per heavy atom. The molecule has 0 unspecified atom stereocenters. The molecule has 1 saturated heterocycles. The second-order valence-electron chi connectivity index (χ2n) is 9.12. The van der Waals surface area contributed by atoms with Crippen LogP contribution >= 0.6 is 0 Å². The van der Waals surface area contributed by atoms with Crippen LogP contribution < -0.4 is 5.32 Å². The third kappa shape index (κ3) is 6.58. The third-order valence-electron chi connectivity index (χ3n) is 6.61. The van der Waals surface area contributed by atoms with Crippen LogP contribution in [-0.4, -0.2) is 47.3 Å². The summed E-state index contributed by atoms with van der Waals surface area (Å²) in [6.07, 6.45) is 6.39. The Labute approximate surface area is 208 Å². The molecule has 0 saturated carbocycles. The first-order chi connectivity index (χ1) is 17.0. The molecule has 2 aromatic carbocycles. The van der Waals surface area contributed by atoms with Gasteiger partial charge in [0.1, 0.15) is 0 Å². The van der Waals surface area contributed by atoms with E-state index >= 15 is 0 Å². The summed E-state index contributed by atoms with van der Waals surface area (Å²) in [5.74, 6) is 0.0443. The molecule has 35 heavy (non-hydrogen) atoms. The van der Waals surface area contributed by atoms with Crippen LogP contribution in [0.3, 0.4) is 0 Å². The summed E-state index contributed by atoms with van der Waals surface area (Å²) < 4.78 is 28.3. The molecule has 4 rings (SSSR count). The second-order valence-corrected chi connectivity index (χ2v) is 11.2. The van der Waals surface area contributed by atoms with E-state index in [0.29, 0.717) is 38.9 Å². The van der Waals surface area contributed by atoms with E-state index in [9.17, 15) is 13.2 Å². The van der Waals surface area contributed by atoms with Gasteiger partial charge >= 0.3 is 0 Å². The fourth-order valence-electron chi connectivity index (χ4n) is 4.51. The van der Waals surface area contributed by atoms with Crippen LogP contribution in [0.4, 0.5) is 0 Å². The van der Waals surface area contributed by atoms with Crippen molar-refractivity contribution < 1.29 is 13.2 Å². The minimum Gasteiger partial charge on any atom is -0.352 e. The van der Waals surface area contributed by atoms with Gasteiger partial charge in [-0.25, -0.2) is 12.7 Å². The Bertz CT molecular complexity index is 1200. The minimum absolute atomic E-state index is 0.0000187. The summed E-state index contributed by atoms with van der Waals surface area (Å²) in [5, 5.41) is 7.35. The van der Waals surface area contributed by atoms with Crippen molar-refractivity contribution in [1.29, 1.82) is 0 Å². The van der Waals surface area contributed by atoms with Crippen molar-refractivity contribution in [3.05, 3.63) is 78.1 Å². The summed E-state index contributed by atoms with van der Waals surface area (Å²) in [6, 6.07) is 18.4. The molecule has 8 heteroatoms. The molecule has 0 spiro atoms. The largest absolute Gasteiger partial charge is 0.352 e. The zero-order chi connectivity index (χ0) is 24.7. The van der Waals surface area contributed by atoms with Crippen LogP contribution in [0.5, 0.6) is 0 Å². The first-order valence-electron chi connectivity index (χ1n) is 12.4. The number of nitrogens with zero attached hydrogens (tertiary/aromatic N) is 3. The predicted octanol–water partition coefficient (Wildman–Crippen LogP) is 4.06. The SMILES string of the molecule is CCCCS(=O)(=O)N1CCC(C(=O)NCc2ccccc2-c2ccc(Cn3cccn3)cc2)CC1. The van der Waals surface area contributed by atoms with E-state index in [1.54, 1.807) is 10.5 Å². The maximum Gasteiger partial charge on any atom is 0.223 e. The van der Waals surface area contributed by atoms with Gasteiger partial charge in [-0.1, -0.05) is 61.9 Å². The summed E-state index contributed by atoms with van der Waals surface area (Å²) in [7, 11) is -3.21. The Morgan fingerprint density at radius 1 is 1.06 bits per heavy atom. The molecule has 1 aliphatic heterocycles. The number of carbonyl (C=O) groups excluding carboxylic acids is 1. The quantitative estimate of drug-likeness (QED) is 0.461. The van der Waals surface area contributed by atoms with Crippen LogP contribution in [0.25, 0.3) is 11.1 Å². The molecule has 2 heterocycles. The number of benzene rings is 2. The Kier molecular flexibility index (Phi) is 8.36. The van der Waals surface area contributed by atoms with Crippen molar-refractivity contribution in [1.82, 2.24) is 19.4 Å². The number of nitrogens with one attached hydrogen (secondary N) is 1. The van der Waals surface area contributed by atoms with Crippen molar-refractivity contribution >= 4 is 15.9 Å². The first kappa shape index (κ1) is 25.1. The normalized spacial score (nSPS) is 15.2.